The van der Waals surface area contributed by atoms with Crippen molar-refractivity contribution in [1.29, 1.82) is 0 Å². The monoisotopic (exact) mass is 390 g/mol. The topological polar surface area (TPSA) is 86.5 Å². The van der Waals surface area contributed by atoms with Crippen molar-refractivity contribution in [1.82, 2.24) is 10.2 Å². The predicted molar refractivity (Wildman–Crippen MR) is 106 cm³/mol. The molecule has 1 saturated heterocycles. The molecule has 3 atom stereocenters. The molecule has 2 aliphatic heterocycles. The molecule has 2 N–H and O–H groups in total. The van der Waals surface area contributed by atoms with E-state index in [1.807, 2.05) is 6.07 Å². The second-order valence-electron chi connectivity index (χ2n) is 6.79. The lowest BCUT2D eigenvalue weighted by Crippen LogP contribution is -2.53. The summed E-state index contributed by atoms with van der Waals surface area (Å²) in [4.78, 5) is 22.6. The van der Waals surface area contributed by atoms with E-state index in [9.17, 15) is 9.90 Å². The van der Waals surface area contributed by atoms with Crippen LogP contribution in [0.1, 0.15) is 12.5 Å². The number of hydrogen-bond donors (Lipinski definition) is 2. The maximum absolute atomic E-state index is 11.6. The first-order valence-electron chi connectivity index (χ1n) is 8.70. The number of nitrogens with zero attached hydrogens (tertiary/aromatic N) is 3. The zero-order chi connectivity index (χ0) is 19.6. The van der Waals surface area contributed by atoms with Gasteiger partial charge in [0.15, 0.2) is 6.29 Å². The summed E-state index contributed by atoms with van der Waals surface area (Å²) in [6, 6.07) is 5.38. The quantitative estimate of drug-likeness (QED) is 0.754. The highest BCUT2D eigenvalue weighted by molar-refractivity contribution is 6.32. The molecular formula is C19H23ClN4O3. The lowest BCUT2D eigenvalue weighted by Gasteiger charge is -2.30. The van der Waals surface area contributed by atoms with Gasteiger partial charge in [-0.1, -0.05) is 36.7 Å². The van der Waals surface area contributed by atoms with Crippen molar-refractivity contribution in [3.05, 3.63) is 40.9 Å². The third-order valence-electron chi connectivity index (χ3n) is 4.82. The van der Waals surface area contributed by atoms with E-state index >= 15 is 0 Å². The van der Waals surface area contributed by atoms with Gasteiger partial charge >= 0.3 is 5.97 Å². The first kappa shape index (κ1) is 19.4. The van der Waals surface area contributed by atoms with Gasteiger partial charge in [-0.2, -0.15) is 0 Å². The highest BCUT2D eigenvalue weighted by Gasteiger charge is 2.34. The molecule has 8 heteroatoms. The number of carboxylic acid groups (broad SMARTS) is 1. The van der Waals surface area contributed by atoms with Crippen LogP contribution in [0.25, 0.3) is 0 Å². The van der Waals surface area contributed by atoms with Gasteiger partial charge in [0.1, 0.15) is 17.5 Å². The number of amidine groups is 1. The Labute approximate surface area is 163 Å². The van der Waals surface area contributed by atoms with E-state index < -0.39 is 11.9 Å². The summed E-state index contributed by atoms with van der Waals surface area (Å²) >= 11 is 6.15. The Morgan fingerprint density at radius 3 is 2.93 bits per heavy atom. The molecule has 144 valence electrons. The fourth-order valence-corrected chi connectivity index (χ4v) is 3.42. The Morgan fingerprint density at radius 2 is 2.33 bits per heavy atom. The smallest absolute Gasteiger partial charge is 0.319 e. The Hall–Kier alpha value is -2.38. The fraction of sp³-hybridized carbons (Fsp3) is 0.421. The van der Waals surface area contributed by atoms with Gasteiger partial charge in [-0.05, 0) is 23.6 Å². The van der Waals surface area contributed by atoms with E-state index in [-0.39, 0.29) is 6.29 Å². The summed E-state index contributed by atoms with van der Waals surface area (Å²) in [6.45, 7) is 8.06. The van der Waals surface area contributed by atoms with Crippen LogP contribution in [0.3, 0.4) is 0 Å². The van der Waals surface area contributed by atoms with Crippen molar-refractivity contribution in [3.63, 3.8) is 0 Å². The molecule has 1 fully saturated rings. The lowest BCUT2D eigenvalue weighted by molar-refractivity contribution is -0.137. The molecule has 2 heterocycles. The third kappa shape index (κ3) is 4.31. The molecule has 0 aromatic heterocycles. The van der Waals surface area contributed by atoms with E-state index in [0.717, 1.165) is 24.2 Å². The normalized spacial score (nSPS) is 27.0. The second kappa shape index (κ2) is 8.10. The minimum absolute atomic E-state index is 0.305. The second-order valence-corrected chi connectivity index (χ2v) is 7.20. The van der Waals surface area contributed by atoms with Crippen LogP contribution < -0.4 is 10.1 Å². The standard InChI is InChI=1S/C19H23ClN4O3/c1-11-9-24(10-12(11)2)19-22-8-14(18(25)26)17(23-19)21-7-13-4-5-16(27-3)15(20)6-13/h4-6,8,12,14,19H,1,7,9-10H2,2-3H3,(H,21,23)(H,25,26). The number of benzene rings is 1. The molecule has 3 unspecified atom stereocenters. The molecule has 3 rings (SSSR count). The molecule has 0 amide bonds. The minimum Gasteiger partial charge on any atom is -0.495 e. The van der Waals surface area contributed by atoms with Gasteiger partial charge in [0.25, 0.3) is 0 Å². The number of carbonyl (C=O) groups is 1. The van der Waals surface area contributed by atoms with Crippen molar-refractivity contribution in [3.8, 4) is 5.75 Å². The van der Waals surface area contributed by atoms with Crippen LogP contribution >= 0.6 is 11.6 Å². The zero-order valence-electron chi connectivity index (χ0n) is 15.4. The predicted octanol–water partition coefficient (Wildman–Crippen LogP) is 2.41. The molecule has 0 bridgehead atoms. The Morgan fingerprint density at radius 1 is 1.56 bits per heavy atom. The molecule has 0 radical (unpaired) electrons. The van der Waals surface area contributed by atoms with Crippen molar-refractivity contribution in [2.24, 2.45) is 21.8 Å². The number of nitrogens with one attached hydrogen (secondary N) is 1. The molecule has 1 aromatic rings. The maximum Gasteiger partial charge on any atom is 0.319 e. The van der Waals surface area contributed by atoms with Crippen molar-refractivity contribution >= 4 is 29.6 Å². The number of carboxylic acids is 1. The molecule has 2 aliphatic rings. The average molecular weight is 391 g/mol. The SMILES string of the molecule is C=C1CN(C2N=CC(C(=O)O)C(=NCc3ccc(OC)c(Cl)c3)N2)CC1C. The summed E-state index contributed by atoms with van der Waals surface area (Å²) in [5, 5.41) is 13.1. The Balaban J connectivity index is 1.77. The van der Waals surface area contributed by atoms with Gasteiger partial charge in [-0.25, -0.2) is 0 Å². The summed E-state index contributed by atoms with van der Waals surface area (Å²) in [7, 11) is 1.55. The van der Waals surface area contributed by atoms with E-state index in [1.165, 1.54) is 6.21 Å². The summed E-state index contributed by atoms with van der Waals surface area (Å²) in [6.07, 6.45) is 1.12. The van der Waals surface area contributed by atoms with Gasteiger partial charge in [0, 0.05) is 19.3 Å². The van der Waals surface area contributed by atoms with Gasteiger partial charge < -0.3 is 15.2 Å². The van der Waals surface area contributed by atoms with Crippen LogP contribution in [0.5, 0.6) is 5.75 Å². The number of likely N-dealkylation sites (tertiary alicyclic amines) is 1. The fourth-order valence-electron chi connectivity index (χ4n) is 3.14. The number of aliphatic imine (C=N–C) groups is 2. The third-order valence-corrected chi connectivity index (χ3v) is 5.11. The summed E-state index contributed by atoms with van der Waals surface area (Å²) in [5.41, 5.74) is 2.01. The van der Waals surface area contributed by atoms with E-state index in [1.54, 1.807) is 19.2 Å². The highest BCUT2D eigenvalue weighted by atomic mass is 35.5. The molecule has 27 heavy (non-hydrogen) atoms. The molecular weight excluding hydrogens is 368 g/mol. The van der Waals surface area contributed by atoms with Crippen molar-refractivity contribution < 1.29 is 14.6 Å². The van der Waals surface area contributed by atoms with Crippen molar-refractivity contribution in [2.75, 3.05) is 20.2 Å². The molecule has 0 spiro atoms. The van der Waals surface area contributed by atoms with Crippen LogP contribution in [0.4, 0.5) is 0 Å². The number of halogens is 1. The van der Waals surface area contributed by atoms with Crippen LogP contribution in [-0.4, -0.2) is 54.5 Å². The Bertz CT molecular complexity index is 808. The van der Waals surface area contributed by atoms with Crippen LogP contribution in [-0.2, 0) is 11.3 Å². The number of methoxy groups -OCH3 is 1. The van der Waals surface area contributed by atoms with Crippen LogP contribution in [0.15, 0.2) is 40.3 Å². The average Bonchev–Trinajstić information content (AvgIpc) is 2.98. The van der Waals surface area contributed by atoms with Crippen LogP contribution in [0, 0.1) is 11.8 Å². The largest absolute Gasteiger partial charge is 0.495 e. The lowest BCUT2D eigenvalue weighted by atomic mass is 10.1. The van der Waals surface area contributed by atoms with Gasteiger partial charge in [0.05, 0.1) is 18.7 Å². The zero-order valence-corrected chi connectivity index (χ0v) is 16.1. The highest BCUT2D eigenvalue weighted by Crippen LogP contribution is 2.26. The summed E-state index contributed by atoms with van der Waals surface area (Å²) in [5.74, 6) is -0.517. The minimum atomic E-state index is -0.990. The molecule has 0 aliphatic carbocycles. The first-order chi connectivity index (χ1) is 12.9. The van der Waals surface area contributed by atoms with Gasteiger partial charge in [-0.3, -0.25) is 19.7 Å². The van der Waals surface area contributed by atoms with E-state index in [2.05, 4.69) is 33.7 Å². The van der Waals surface area contributed by atoms with Crippen LogP contribution in [0.2, 0.25) is 5.02 Å². The number of ether oxygens (including phenoxy) is 1. The number of aliphatic carboxylic acids is 1. The van der Waals surface area contributed by atoms with Gasteiger partial charge in [0.2, 0.25) is 0 Å². The van der Waals surface area contributed by atoms with E-state index in [4.69, 9.17) is 16.3 Å². The first-order valence-corrected chi connectivity index (χ1v) is 9.08. The van der Waals surface area contributed by atoms with Gasteiger partial charge in [-0.15, -0.1) is 0 Å². The number of hydrogen-bond acceptors (Lipinski definition) is 5. The Kier molecular flexibility index (Phi) is 5.82. The van der Waals surface area contributed by atoms with Crippen molar-refractivity contribution in [2.45, 2.75) is 19.8 Å². The maximum atomic E-state index is 11.6. The molecule has 1 aromatic carbocycles. The molecule has 7 nitrogen and oxygen atoms in total. The summed E-state index contributed by atoms with van der Waals surface area (Å²) < 4.78 is 5.14. The number of rotatable bonds is 5. The van der Waals surface area contributed by atoms with E-state index in [0.29, 0.717) is 29.1 Å². The molecule has 0 saturated carbocycles.